The fraction of sp³-hybridized carbons (Fsp3) is 0.385. The van der Waals surface area contributed by atoms with Gasteiger partial charge in [0.1, 0.15) is 5.76 Å². The molecule has 0 aliphatic carbocycles. The van der Waals surface area contributed by atoms with Gasteiger partial charge in [0.2, 0.25) is 0 Å². The van der Waals surface area contributed by atoms with E-state index in [2.05, 4.69) is 18.8 Å². The average Bonchev–Trinajstić information content (AvgIpc) is 2.27. The van der Waals surface area contributed by atoms with Crippen LogP contribution in [0.4, 0.5) is 0 Å². The minimum atomic E-state index is 0.617. The first-order valence-electron chi connectivity index (χ1n) is 5.50. The Morgan fingerprint density at radius 3 is 2.81 bits per heavy atom. The van der Waals surface area contributed by atoms with E-state index in [1.807, 2.05) is 25.1 Å². The van der Waals surface area contributed by atoms with Crippen molar-refractivity contribution in [1.29, 1.82) is 0 Å². The molecule has 88 valence electrons. The van der Waals surface area contributed by atoms with Gasteiger partial charge in [-0.1, -0.05) is 31.2 Å². The Labute approximate surface area is 102 Å². The molecule has 0 saturated heterocycles. The maximum Gasteiger partial charge on any atom is 0.119 e. The highest BCUT2D eigenvalue weighted by molar-refractivity contribution is 6.30. The lowest BCUT2D eigenvalue weighted by Crippen LogP contribution is -2.13. The van der Waals surface area contributed by atoms with Gasteiger partial charge in [-0.05, 0) is 31.2 Å². The molecule has 0 atom stereocenters. The second-order valence-electron chi connectivity index (χ2n) is 3.44. The molecule has 0 aliphatic rings. The normalized spacial score (nSPS) is 10.2. The minimum Gasteiger partial charge on any atom is -0.494 e. The van der Waals surface area contributed by atoms with E-state index in [1.165, 1.54) is 0 Å². The van der Waals surface area contributed by atoms with E-state index in [4.69, 9.17) is 16.3 Å². The van der Waals surface area contributed by atoms with Crippen LogP contribution in [0.3, 0.4) is 0 Å². The Kier molecular flexibility index (Phi) is 5.36. The van der Waals surface area contributed by atoms with Gasteiger partial charge in [0, 0.05) is 17.1 Å². The molecular formula is C13H18ClNO. The van der Waals surface area contributed by atoms with Crippen molar-refractivity contribution in [1.82, 2.24) is 5.32 Å². The quantitative estimate of drug-likeness (QED) is 0.768. The first-order valence-corrected chi connectivity index (χ1v) is 5.88. The van der Waals surface area contributed by atoms with Crippen molar-refractivity contribution in [2.24, 2.45) is 0 Å². The molecule has 0 saturated carbocycles. The van der Waals surface area contributed by atoms with Crippen LogP contribution >= 0.6 is 11.6 Å². The zero-order valence-electron chi connectivity index (χ0n) is 9.85. The standard InChI is InChI=1S/C13H18ClNO/c1-4-15-9-11-6-7-12(14)8-13(11)10(3)16-5-2/h6-8,15H,3-5,9H2,1-2H3. The summed E-state index contributed by atoms with van der Waals surface area (Å²) in [7, 11) is 0. The summed E-state index contributed by atoms with van der Waals surface area (Å²) < 4.78 is 5.42. The predicted octanol–water partition coefficient (Wildman–Crippen LogP) is 3.46. The van der Waals surface area contributed by atoms with Crippen LogP contribution in [-0.4, -0.2) is 13.2 Å². The van der Waals surface area contributed by atoms with Crippen molar-refractivity contribution in [2.45, 2.75) is 20.4 Å². The number of ether oxygens (including phenoxy) is 1. The molecule has 0 aromatic heterocycles. The summed E-state index contributed by atoms with van der Waals surface area (Å²) in [6.45, 7) is 10.3. The van der Waals surface area contributed by atoms with Crippen LogP contribution in [0, 0.1) is 0 Å². The Hall–Kier alpha value is -0.990. The molecule has 1 aromatic carbocycles. The van der Waals surface area contributed by atoms with Gasteiger partial charge in [-0.25, -0.2) is 0 Å². The second kappa shape index (κ2) is 6.56. The van der Waals surface area contributed by atoms with Crippen LogP contribution in [0.25, 0.3) is 5.76 Å². The molecular weight excluding hydrogens is 222 g/mol. The van der Waals surface area contributed by atoms with E-state index < -0.39 is 0 Å². The van der Waals surface area contributed by atoms with Crippen molar-refractivity contribution < 1.29 is 4.74 Å². The SMILES string of the molecule is C=C(OCC)c1cc(Cl)ccc1CNCC. The molecule has 0 bridgehead atoms. The number of halogens is 1. The van der Waals surface area contributed by atoms with Crippen LogP contribution in [0.5, 0.6) is 0 Å². The number of benzene rings is 1. The van der Waals surface area contributed by atoms with Crippen LogP contribution in [-0.2, 0) is 11.3 Å². The predicted molar refractivity (Wildman–Crippen MR) is 69.5 cm³/mol. The Morgan fingerprint density at radius 1 is 1.44 bits per heavy atom. The third kappa shape index (κ3) is 3.54. The Morgan fingerprint density at radius 2 is 2.19 bits per heavy atom. The van der Waals surface area contributed by atoms with E-state index in [9.17, 15) is 0 Å². The highest BCUT2D eigenvalue weighted by Gasteiger charge is 2.07. The van der Waals surface area contributed by atoms with Gasteiger partial charge in [-0.3, -0.25) is 0 Å². The monoisotopic (exact) mass is 239 g/mol. The topological polar surface area (TPSA) is 21.3 Å². The number of hydrogen-bond donors (Lipinski definition) is 1. The molecule has 3 heteroatoms. The summed E-state index contributed by atoms with van der Waals surface area (Å²) in [5, 5.41) is 3.99. The molecule has 0 heterocycles. The van der Waals surface area contributed by atoms with Crippen molar-refractivity contribution in [3.8, 4) is 0 Å². The van der Waals surface area contributed by atoms with Gasteiger partial charge in [-0.2, -0.15) is 0 Å². The maximum absolute atomic E-state index is 5.98. The minimum absolute atomic E-state index is 0.617. The Balaban J connectivity index is 2.93. The van der Waals surface area contributed by atoms with Crippen molar-refractivity contribution >= 4 is 17.4 Å². The molecule has 1 N–H and O–H groups in total. The summed E-state index contributed by atoms with van der Waals surface area (Å²) in [5.74, 6) is 0.679. The van der Waals surface area contributed by atoms with Gasteiger partial charge in [-0.15, -0.1) is 0 Å². The maximum atomic E-state index is 5.98. The number of nitrogens with one attached hydrogen (secondary N) is 1. The smallest absolute Gasteiger partial charge is 0.119 e. The van der Waals surface area contributed by atoms with Crippen molar-refractivity contribution in [2.75, 3.05) is 13.2 Å². The fourth-order valence-corrected chi connectivity index (χ4v) is 1.65. The van der Waals surface area contributed by atoms with Gasteiger partial charge < -0.3 is 10.1 Å². The molecule has 1 rings (SSSR count). The summed E-state index contributed by atoms with van der Waals surface area (Å²) in [6.07, 6.45) is 0. The summed E-state index contributed by atoms with van der Waals surface area (Å²) in [4.78, 5) is 0. The largest absolute Gasteiger partial charge is 0.494 e. The number of hydrogen-bond acceptors (Lipinski definition) is 2. The van der Waals surface area contributed by atoms with Crippen LogP contribution in [0.1, 0.15) is 25.0 Å². The van der Waals surface area contributed by atoms with E-state index >= 15 is 0 Å². The first-order chi connectivity index (χ1) is 7.69. The van der Waals surface area contributed by atoms with Crippen LogP contribution < -0.4 is 5.32 Å². The molecule has 0 fully saturated rings. The van der Waals surface area contributed by atoms with Gasteiger partial charge >= 0.3 is 0 Å². The van der Waals surface area contributed by atoms with E-state index in [0.717, 1.165) is 24.2 Å². The zero-order valence-corrected chi connectivity index (χ0v) is 10.6. The van der Waals surface area contributed by atoms with E-state index in [1.54, 1.807) is 0 Å². The first kappa shape index (κ1) is 13.1. The Bertz CT molecular complexity index is 363. The van der Waals surface area contributed by atoms with Gasteiger partial charge in [0.25, 0.3) is 0 Å². The average molecular weight is 240 g/mol. The molecule has 2 nitrogen and oxygen atoms in total. The lowest BCUT2D eigenvalue weighted by Gasteiger charge is -2.13. The molecule has 0 spiro atoms. The van der Waals surface area contributed by atoms with E-state index in [0.29, 0.717) is 17.4 Å². The highest BCUT2D eigenvalue weighted by Crippen LogP contribution is 2.23. The second-order valence-corrected chi connectivity index (χ2v) is 3.87. The highest BCUT2D eigenvalue weighted by atomic mass is 35.5. The zero-order chi connectivity index (χ0) is 12.0. The lowest BCUT2D eigenvalue weighted by molar-refractivity contribution is 0.299. The van der Waals surface area contributed by atoms with Crippen LogP contribution in [0.15, 0.2) is 24.8 Å². The van der Waals surface area contributed by atoms with Gasteiger partial charge in [0.15, 0.2) is 0 Å². The molecule has 0 amide bonds. The van der Waals surface area contributed by atoms with Crippen LogP contribution in [0.2, 0.25) is 5.02 Å². The molecule has 16 heavy (non-hydrogen) atoms. The molecule has 0 aliphatic heterocycles. The fourth-order valence-electron chi connectivity index (χ4n) is 1.47. The van der Waals surface area contributed by atoms with Crippen molar-refractivity contribution in [3.05, 3.63) is 40.9 Å². The molecule has 0 unspecified atom stereocenters. The lowest BCUT2D eigenvalue weighted by atomic mass is 10.1. The third-order valence-corrected chi connectivity index (χ3v) is 2.49. The number of rotatable bonds is 6. The summed E-state index contributed by atoms with van der Waals surface area (Å²) in [5.41, 5.74) is 2.14. The molecule has 1 aromatic rings. The van der Waals surface area contributed by atoms with Gasteiger partial charge in [0.05, 0.1) is 6.61 Å². The van der Waals surface area contributed by atoms with Crippen molar-refractivity contribution in [3.63, 3.8) is 0 Å². The van der Waals surface area contributed by atoms with E-state index in [-0.39, 0.29) is 0 Å². The summed E-state index contributed by atoms with van der Waals surface area (Å²) in [6, 6.07) is 5.79. The summed E-state index contributed by atoms with van der Waals surface area (Å²) >= 11 is 5.98. The third-order valence-electron chi connectivity index (χ3n) is 2.26. The molecule has 0 radical (unpaired) electrons.